The van der Waals surface area contributed by atoms with Crippen molar-refractivity contribution in [1.82, 2.24) is 0 Å². The van der Waals surface area contributed by atoms with Crippen LogP contribution >= 0.6 is 0 Å². The third kappa shape index (κ3) is 3.41. The van der Waals surface area contributed by atoms with Crippen LogP contribution in [0.15, 0.2) is 18.2 Å². The first-order valence-electron chi connectivity index (χ1n) is 5.57. The lowest BCUT2D eigenvalue weighted by Gasteiger charge is -2.18. The van der Waals surface area contributed by atoms with Crippen LogP contribution in [0.5, 0.6) is 0 Å². The van der Waals surface area contributed by atoms with Crippen molar-refractivity contribution in [1.29, 1.82) is 0 Å². The van der Waals surface area contributed by atoms with Crippen molar-refractivity contribution in [2.75, 3.05) is 0 Å². The molecule has 3 nitrogen and oxygen atoms in total. The Bertz CT molecular complexity index is 438. The predicted molar refractivity (Wildman–Crippen MR) is 66.3 cm³/mol. The molecule has 1 rings (SSSR count). The smallest absolute Gasteiger partial charge is 0.309 e. The summed E-state index contributed by atoms with van der Waals surface area (Å²) in [6.45, 7) is 6.98. The monoisotopic (exact) mass is 234 g/mol. The van der Waals surface area contributed by atoms with Crippen LogP contribution in [0.2, 0.25) is 0 Å². The summed E-state index contributed by atoms with van der Waals surface area (Å²) in [6, 6.07) is 5.58. The lowest BCUT2D eigenvalue weighted by molar-refractivity contribution is -0.146. The van der Waals surface area contributed by atoms with Crippen LogP contribution in [0.25, 0.3) is 0 Å². The van der Waals surface area contributed by atoms with Crippen molar-refractivity contribution in [3.05, 3.63) is 34.9 Å². The molecule has 0 saturated carbocycles. The Morgan fingerprint density at radius 3 is 2.00 bits per heavy atom. The van der Waals surface area contributed by atoms with Gasteiger partial charge in [-0.1, -0.05) is 17.2 Å². The highest BCUT2D eigenvalue weighted by molar-refractivity contribution is 5.99. The van der Waals surface area contributed by atoms with Gasteiger partial charge in [0.15, 0.2) is 5.78 Å². The first-order chi connectivity index (χ1) is 7.72. The molecule has 1 aromatic carbocycles. The zero-order chi connectivity index (χ0) is 13.2. The molecule has 0 spiro atoms. The van der Waals surface area contributed by atoms with Crippen molar-refractivity contribution in [2.45, 2.75) is 34.1 Å². The number of benzene rings is 1. The summed E-state index contributed by atoms with van der Waals surface area (Å²) in [6.07, 6.45) is 0.0191. The first-order valence-corrected chi connectivity index (χ1v) is 5.57. The maximum atomic E-state index is 12.0. The highest BCUT2D eigenvalue weighted by Gasteiger charge is 2.30. The van der Waals surface area contributed by atoms with Gasteiger partial charge < -0.3 is 5.11 Å². The first kappa shape index (κ1) is 13.4. The van der Waals surface area contributed by atoms with Gasteiger partial charge in [0, 0.05) is 12.0 Å². The fourth-order valence-electron chi connectivity index (χ4n) is 1.71. The van der Waals surface area contributed by atoms with Gasteiger partial charge in [0.05, 0.1) is 5.41 Å². The molecule has 0 saturated heterocycles. The minimum absolute atomic E-state index is 0.0191. The standard InChI is InChI=1S/C14H18O3/c1-9-5-10(2)7-11(6-9)12(15)8-14(3,4)13(16)17/h5-7H,8H2,1-4H3,(H,16,17). The second kappa shape index (κ2) is 4.70. The lowest BCUT2D eigenvalue weighted by Crippen LogP contribution is -2.27. The van der Waals surface area contributed by atoms with Crippen molar-refractivity contribution >= 4 is 11.8 Å². The molecule has 0 bridgehead atoms. The van der Waals surface area contributed by atoms with E-state index in [0.29, 0.717) is 5.56 Å². The number of carboxylic acids is 1. The van der Waals surface area contributed by atoms with E-state index in [4.69, 9.17) is 5.11 Å². The van der Waals surface area contributed by atoms with E-state index in [9.17, 15) is 9.59 Å². The largest absolute Gasteiger partial charge is 0.481 e. The summed E-state index contributed by atoms with van der Waals surface area (Å²) < 4.78 is 0. The molecule has 0 aliphatic carbocycles. The number of hydrogen-bond acceptors (Lipinski definition) is 2. The summed E-state index contributed by atoms with van der Waals surface area (Å²) in [7, 11) is 0. The average molecular weight is 234 g/mol. The molecular formula is C14H18O3. The molecule has 0 aliphatic heterocycles. The molecule has 0 fully saturated rings. The van der Waals surface area contributed by atoms with E-state index in [-0.39, 0.29) is 12.2 Å². The average Bonchev–Trinajstić information content (AvgIpc) is 2.15. The maximum absolute atomic E-state index is 12.0. The van der Waals surface area contributed by atoms with Crippen molar-refractivity contribution < 1.29 is 14.7 Å². The number of rotatable bonds is 4. The van der Waals surface area contributed by atoms with E-state index >= 15 is 0 Å². The molecule has 0 unspecified atom stereocenters. The minimum atomic E-state index is -1.02. The lowest BCUT2D eigenvalue weighted by atomic mass is 9.85. The van der Waals surface area contributed by atoms with Gasteiger partial charge in [-0.3, -0.25) is 9.59 Å². The fraction of sp³-hybridized carbons (Fsp3) is 0.429. The highest BCUT2D eigenvalue weighted by atomic mass is 16.4. The molecular weight excluding hydrogens is 216 g/mol. The molecule has 0 heterocycles. The van der Waals surface area contributed by atoms with Crippen LogP contribution in [-0.4, -0.2) is 16.9 Å². The van der Waals surface area contributed by atoms with E-state index in [1.807, 2.05) is 19.9 Å². The van der Waals surface area contributed by atoms with Gasteiger partial charge in [0.2, 0.25) is 0 Å². The van der Waals surface area contributed by atoms with Gasteiger partial charge in [-0.25, -0.2) is 0 Å². The van der Waals surface area contributed by atoms with Crippen LogP contribution in [-0.2, 0) is 4.79 Å². The van der Waals surface area contributed by atoms with Crippen LogP contribution < -0.4 is 0 Å². The molecule has 0 amide bonds. The second-order valence-electron chi connectivity index (χ2n) is 5.17. The normalized spacial score (nSPS) is 11.3. The van der Waals surface area contributed by atoms with Crippen LogP contribution in [0.3, 0.4) is 0 Å². The van der Waals surface area contributed by atoms with Gasteiger partial charge >= 0.3 is 5.97 Å². The Kier molecular flexibility index (Phi) is 3.71. The number of ketones is 1. The fourth-order valence-corrected chi connectivity index (χ4v) is 1.71. The minimum Gasteiger partial charge on any atom is -0.481 e. The Morgan fingerprint density at radius 2 is 1.59 bits per heavy atom. The number of hydrogen-bond donors (Lipinski definition) is 1. The van der Waals surface area contributed by atoms with E-state index in [0.717, 1.165) is 11.1 Å². The van der Waals surface area contributed by atoms with Crippen molar-refractivity contribution in [3.8, 4) is 0 Å². The molecule has 0 radical (unpaired) electrons. The predicted octanol–water partition coefficient (Wildman–Crippen LogP) is 2.99. The van der Waals surface area contributed by atoms with Crippen LogP contribution in [0.1, 0.15) is 41.8 Å². The van der Waals surface area contributed by atoms with E-state index in [2.05, 4.69) is 0 Å². The molecule has 1 N–H and O–H groups in total. The second-order valence-corrected chi connectivity index (χ2v) is 5.17. The molecule has 17 heavy (non-hydrogen) atoms. The molecule has 1 aromatic rings. The summed E-state index contributed by atoms with van der Waals surface area (Å²) in [5.74, 6) is -1.07. The van der Waals surface area contributed by atoms with E-state index in [1.54, 1.807) is 26.0 Å². The number of carbonyl (C=O) groups excluding carboxylic acids is 1. The molecule has 0 aliphatic rings. The van der Waals surface area contributed by atoms with Gasteiger partial charge in [-0.15, -0.1) is 0 Å². The summed E-state index contributed by atoms with van der Waals surface area (Å²) >= 11 is 0. The van der Waals surface area contributed by atoms with E-state index < -0.39 is 11.4 Å². The molecule has 0 aromatic heterocycles. The zero-order valence-corrected chi connectivity index (χ0v) is 10.7. The number of Topliss-reactive ketones (excluding diaryl/α,β-unsaturated/α-hetero) is 1. The third-order valence-corrected chi connectivity index (χ3v) is 2.73. The van der Waals surface area contributed by atoms with Crippen molar-refractivity contribution in [2.24, 2.45) is 5.41 Å². The Hall–Kier alpha value is -1.64. The van der Waals surface area contributed by atoms with E-state index in [1.165, 1.54) is 0 Å². The summed E-state index contributed by atoms with van der Waals surface area (Å²) in [5.41, 5.74) is 1.61. The summed E-state index contributed by atoms with van der Waals surface area (Å²) in [5, 5.41) is 8.99. The highest BCUT2D eigenvalue weighted by Crippen LogP contribution is 2.23. The third-order valence-electron chi connectivity index (χ3n) is 2.73. The van der Waals surface area contributed by atoms with Crippen LogP contribution in [0.4, 0.5) is 0 Å². The maximum Gasteiger partial charge on any atom is 0.309 e. The number of carboxylic acid groups (broad SMARTS) is 1. The SMILES string of the molecule is Cc1cc(C)cc(C(=O)CC(C)(C)C(=O)O)c1. The van der Waals surface area contributed by atoms with Gasteiger partial charge in [0.1, 0.15) is 0 Å². The molecule has 3 heteroatoms. The quantitative estimate of drug-likeness (QED) is 0.815. The number of aliphatic carboxylic acids is 1. The molecule has 92 valence electrons. The van der Waals surface area contributed by atoms with Gasteiger partial charge in [-0.05, 0) is 39.8 Å². The van der Waals surface area contributed by atoms with Crippen molar-refractivity contribution in [3.63, 3.8) is 0 Å². The van der Waals surface area contributed by atoms with Crippen LogP contribution in [0, 0.1) is 19.3 Å². The Labute approximate surface area is 101 Å². The number of carbonyl (C=O) groups is 2. The Balaban J connectivity index is 2.94. The zero-order valence-electron chi connectivity index (χ0n) is 10.7. The molecule has 0 atom stereocenters. The summed E-state index contributed by atoms with van der Waals surface area (Å²) in [4.78, 5) is 23.0. The van der Waals surface area contributed by atoms with Gasteiger partial charge in [0.25, 0.3) is 0 Å². The topological polar surface area (TPSA) is 54.4 Å². The number of aryl methyl sites for hydroxylation is 2. The van der Waals surface area contributed by atoms with Gasteiger partial charge in [-0.2, -0.15) is 0 Å². The Morgan fingerprint density at radius 1 is 1.12 bits per heavy atom.